The van der Waals surface area contributed by atoms with Crippen LogP contribution >= 0.6 is 0 Å². The van der Waals surface area contributed by atoms with E-state index in [0.29, 0.717) is 19.3 Å². The van der Waals surface area contributed by atoms with Gasteiger partial charge in [0, 0.05) is 19.3 Å². The monoisotopic (exact) mass is 801 g/mol. The van der Waals surface area contributed by atoms with Crippen molar-refractivity contribution in [1.82, 2.24) is 0 Å². The van der Waals surface area contributed by atoms with Crippen LogP contribution < -0.4 is 0 Å². The van der Waals surface area contributed by atoms with Crippen LogP contribution in [-0.2, 0) is 28.6 Å². The summed E-state index contributed by atoms with van der Waals surface area (Å²) in [4.78, 5) is 37.8. The number of unbranched alkanes of at least 4 members (excludes halogenated alkanes) is 27. The molecule has 0 saturated carbocycles. The molecule has 0 amide bonds. The molecule has 0 aromatic rings. The molecule has 0 aliphatic heterocycles. The second-order valence-electron chi connectivity index (χ2n) is 16.4. The lowest BCUT2D eigenvalue weighted by atomic mass is 10.0. The predicted octanol–water partition coefficient (Wildman–Crippen LogP) is 15.8. The van der Waals surface area contributed by atoms with Crippen molar-refractivity contribution in [1.29, 1.82) is 0 Å². The van der Waals surface area contributed by atoms with Crippen LogP contribution in [0.5, 0.6) is 0 Å². The maximum Gasteiger partial charge on any atom is 0.306 e. The lowest BCUT2D eigenvalue weighted by molar-refractivity contribution is -0.167. The molecule has 0 saturated heterocycles. The van der Waals surface area contributed by atoms with Gasteiger partial charge in [0.1, 0.15) is 13.2 Å². The Morgan fingerprint density at radius 2 is 0.684 bits per heavy atom. The molecule has 6 nitrogen and oxygen atoms in total. The molecular weight excluding hydrogens is 709 g/mol. The molecule has 0 aromatic carbocycles. The molecule has 0 radical (unpaired) electrons. The molecule has 332 valence electrons. The Labute approximate surface area is 353 Å². The van der Waals surface area contributed by atoms with Crippen LogP contribution in [0.15, 0.2) is 36.5 Å². The molecule has 0 bridgehead atoms. The molecule has 0 fully saturated rings. The lowest BCUT2D eigenvalue weighted by Crippen LogP contribution is -2.30. The minimum Gasteiger partial charge on any atom is -0.462 e. The molecule has 0 aromatic heterocycles. The molecule has 1 atom stereocenters. The minimum atomic E-state index is -0.769. The highest BCUT2D eigenvalue weighted by atomic mass is 16.6. The van der Waals surface area contributed by atoms with Crippen molar-refractivity contribution in [2.45, 2.75) is 258 Å². The highest BCUT2D eigenvalue weighted by Crippen LogP contribution is 2.15. The number of ether oxygens (including phenoxy) is 3. The van der Waals surface area contributed by atoms with Gasteiger partial charge in [-0.3, -0.25) is 14.4 Å². The van der Waals surface area contributed by atoms with Crippen LogP contribution in [0.4, 0.5) is 0 Å². The zero-order chi connectivity index (χ0) is 41.5. The zero-order valence-corrected chi connectivity index (χ0v) is 37.9. The van der Waals surface area contributed by atoms with Gasteiger partial charge in [0.05, 0.1) is 0 Å². The fourth-order valence-corrected chi connectivity index (χ4v) is 6.99. The second kappa shape index (κ2) is 46.3. The molecule has 0 aliphatic carbocycles. The summed E-state index contributed by atoms with van der Waals surface area (Å²) in [6.07, 6.45) is 52.7. The Hall–Kier alpha value is -2.37. The van der Waals surface area contributed by atoms with Gasteiger partial charge in [-0.25, -0.2) is 0 Å². The van der Waals surface area contributed by atoms with Gasteiger partial charge in [0.15, 0.2) is 6.10 Å². The SMILES string of the molecule is CC/C=C\C/C=C\C/C=C\CCCCCCCCCC(=O)OCC(COC(=O)CCCCCCCCCC)OC(=O)CCCCCCCCCCCCCCCC. The third-order valence-corrected chi connectivity index (χ3v) is 10.7. The summed E-state index contributed by atoms with van der Waals surface area (Å²) in [6.45, 7) is 6.50. The van der Waals surface area contributed by atoms with Crippen LogP contribution in [0.25, 0.3) is 0 Å². The van der Waals surface area contributed by atoms with Gasteiger partial charge >= 0.3 is 17.9 Å². The van der Waals surface area contributed by atoms with Crippen molar-refractivity contribution in [3.63, 3.8) is 0 Å². The lowest BCUT2D eigenvalue weighted by Gasteiger charge is -2.18. The van der Waals surface area contributed by atoms with Gasteiger partial charge in [-0.2, -0.15) is 0 Å². The van der Waals surface area contributed by atoms with Crippen molar-refractivity contribution in [3.05, 3.63) is 36.5 Å². The Balaban J connectivity index is 4.29. The Morgan fingerprint density at radius 3 is 1.07 bits per heavy atom. The molecule has 0 rings (SSSR count). The standard InChI is InChI=1S/C51H92O6/c1-4-7-10-13-16-19-21-23-25-26-27-29-30-32-35-38-41-44-50(53)56-47-48(46-55-49(52)43-40-37-34-18-15-12-9-6-3)57-51(54)45-42-39-36-33-31-28-24-22-20-17-14-11-8-5-2/h7,10,16,19,23,25,48H,4-6,8-9,11-15,17-18,20-22,24,26-47H2,1-3H3/b10-7-,19-16-,25-23-. The average molecular weight is 801 g/mol. The van der Waals surface area contributed by atoms with Crippen LogP contribution in [-0.4, -0.2) is 37.2 Å². The van der Waals surface area contributed by atoms with Gasteiger partial charge in [-0.15, -0.1) is 0 Å². The van der Waals surface area contributed by atoms with E-state index in [4.69, 9.17) is 14.2 Å². The van der Waals surface area contributed by atoms with E-state index in [-0.39, 0.29) is 31.1 Å². The first-order chi connectivity index (χ1) is 28.0. The largest absolute Gasteiger partial charge is 0.462 e. The fourth-order valence-electron chi connectivity index (χ4n) is 6.99. The molecule has 6 heteroatoms. The summed E-state index contributed by atoms with van der Waals surface area (Å²) in [5.41, 5.74) is 0. The summed E-state index contributed by atoms with van der Waals surface area (Å²) >= 11 is 0. The minimum absolute atomic E-state index is 0.0720. The Morgan fingerprint density at radius 1 is 0.368 bits per heavy atom. The molecule has 1 unspecified atom stereocenters. The smallest absolute Gasteiger partial charge is 0.306 e. The van der Waals surface area contributed by atoms with Gasteiger partial charge in [0.2, 0.25) is 0 Å². The van der Waals surface area contributed by atoms with Crippen molar-refractivity contribution in [3.8, 4) is 0 Å². The highest BCUT2D eigenvalue weighted by molar-refractivity contribution is 5.71. The van der Waals surface area contributed by atoms with E-state index < -0.39 is 6.10 Å². The second-order valence-corrected chi connectivity index (χ2v) is 16.4. The van der Waals surface area contributed by atoms with E-state index in [1.165, 1.54) is 128 Å². The summed E-state index contributed by atoms with van der Waals surface area (Å²) < 4.78 is 16.7. The summed E-state index contributed by atoms with van der Waals surface area (Å²) in [7, 11) is 0. The first kappa shape index (κ1) is 54.6. The molecule has 0 aliphatic rings. The number of allylic oxidation sites excluding steroid dienone is 6. The fraction of sp³-hybridized carbons (Fsp3) is 0.824. The number of rotatable bonds is 44. The van der Waals surface area contributed by atoms with Crippen molar-refractivity contribution >= 4 is 17.9 Å². The molecule has 0 N–H and O–H groups in total. The van der Waals surface area contributed by atoms with Crippen LogP contribution in [0, 0.1) is 0 Å². The predicted molar refractivity (Wildman–Crippen MR) is 242 cm³/mol. The zero-order valence-electron chi connectivity index (χ0n) is 37.9. The van der Waals surface area contributed by atoms with Crippen molar-refractivity contribution in [2.75, 3.05) is 13.2 Å². The third kappa shape index (κ3) is 44.6. The first-order valence-electron chi connectivity index (χ1n) is 24.5. The number of hydrogen-bond donors (Lipinski definition) is 0. The molecular formula is C51H92O6. The number of hydrogen-bond acceptors (Lipinski definition) is 6. The molecule has 0 spiro atoms. The van der Waals surface area contributed by atoms with E-state index >= 15 is 0 Å². The van der Waals surface area contributed by atoms with Gasteiger partial charge in [-0.05, 0) is 51.4 Å². The highest BCUT2D eigenvalue weighted by Gasteiger charge is 2.19. The van der Waals surface area contributed by atoms with E-state index in [9.17, 15) is 14.4 Å². The number of carbonyl (C=O) groups excluding carboxylic acids is 3. The van der Waals surface area contributed by atoms with Crippen LogP contribution in [0.3, 0.4) is 0 Å². The van der Waals surface area contributed by atoms with E-state index in [2.05, 4.69) is 57.2 Å². The summed E-state index contributed by atoms with van der Waals surface area (Å²) in [5, 5.41) is 0. The third-order valence-electron chi connectivity index (χ3n) is 10.7. The van der Waals surface area contributed by atoms with E-state index in [1.807, 2.05) is 0 Å². The van der Waals surface area contributed by atoms with Gasteiger partial charge in [0.25, 0.3) is 0 Å². The topological polar surface area (TPSA) is 78.9 Å². The van der Waals surface area contributed by atoms with Crippen LogP contribution in [0.1, 0.15) is 252 Å². The number of carbonyl (C=O) groups is 3. The first-order valence-corrected chi connectivity index (χ1v) is 24.5. The summed E-state index contributed by atoms with van der Waals surface area (Å²) in [5.74, 6) is -0.878. The maximum atomic E-state index is 12.7. The van der Waals surface area contributed by atoms with Gasteiger partial charge < -0.3 is 14.2 Å². The quantitative estimate of drug-likeness (QED) is 0.0264. The maximum absolute atomic E-state index is 12.7. The van der Waals surface area contributed by atoms with Crippen molar-refractivity contribution in [2.24, 2.45) is 0 Å². The van der Waals surface area contributed by atoms with Gasteiger partial charge in [-0.1, -0.05) is 218 Å². The number of esters is 3. The molecule has 57 heavy (non-hydrogen) atoms. The Kier molecular flexibility index (Phi) is 44.4. The Bertz CT molecular complexity index is 969. The van der Waals surface area contributed by atoms with E-state index in [1.54, 1.807) is 0 Å². The van der Waals surface area contributed by atoms with E-state index in [0.717, 1.165) is 83.5 Å². The summed E-state index contributed by atoms with van der Waals surface area (Å²) in [6, 6.07) is 0. The average Bonchev–Trinajstić information content (AvgIpc) is 3.21. The normalized spacial score (nSPS) is 12.3. The molecule has 0 heterocycles. The van der Waals surface area contributed by atoms with Crippen LogP contribution in [0.2, 0.25) is 0 Å². The van der Waals surface area contributed by atoms with Crippen molar-refractivity contribution < 1.29 is 28.6 Å².